The fourth-order valence-corrected chi connectivity index (χ4v) is 2.18. The van der Waals surface area contributed by atoms with E-state index in [1.807, 2.05) is 6.07 Å². The third-order valence-corrected chi connectivity index (χ3v) is 3.26. The Labute approximate surface area is 125 Å². The van der Waals surface area contributed by atoms with Crippen LogP contribution in [0.4, 0.5) is 0 Å². The molecule has 1 aliphatic rings. The summed E-state index contributed by atoms with van der Waals surface area (Å²) in [4.78, 5) is 14.1. The lowest BCUT2D eigenvalue weighted by molar-refractivity contribution is 0.0341. The van der Waals surface area contributed by atoms with E-state index in [4.69, 9.17) is 9.47 Å². The lowest BCUT2D eigenvalue weighted by Gasteiger charge is -2.27. The Bertz CT molecular complexity index is 470. The molecule has 0 amide bonds. The van der Waals surface area contributed by atoms with E-state index in [-0.39, 0.29) is 18.2 Å². The van der Waals surface area contributed by atoms with E-state index in [2.05, 4.69) is 11.5 Å². The molecule has 0 unspecified atom stereocenters. The number of carbonyl (C=O) groups is 1. The molecule has 0 N–H and O–H groups in total. The van der Waals surface area contributed by atoms with Crippen LogP contribution in [-0.4, -0.2) is 44.1 Å². The van der Waals surface area contributed by atoms with Gasteiger partial charge in [-0.05, 0) is 29.8 Å². The maximum atomic E-state index is 11.9. The molecule has 0 atom stereocenters. The first-order chi connectivity index (χ1) is 9.24. The highest BCUT2D eigenvalue weighted by atomic mass is 35.5. The molecule has 1 aromatic rings. The van der Waals surface area contributed by atoms with Crippen LogP contribution in [0.3, 0.4) is 0 Å². The monoisotopic (exact) mass is 297 g/mol. The Hall–Kier alpha value is -1.36. The molecule has 5 heteroatoms. The quantitative estimate of drug-likeness (QED) is 0.617. The van der Waals surface area contributed by atoms with Crippen LogP contribution in [0, 0.1) is 0 Å². The maximum Gasteiger partial charge on any atom is 0.185 e. The van der Waals surface area contributed by atoms with Gasteiger partial charge in [0.2, 0.25) is 0 Å². The van der Waals surface area contributed by atoms with Gasteiger partial charge >= 0.3 is 0 Å². The van der Waals surface area contributed by atoms with Gasteiger partial charge < -0.3 is 9.47 Å². The number of halogens is 1. The molecule has 0 radical (unpaired) electrons. The van der Waals surface area contributed by atoms with E-state index in [1.54, 1.807) is 19.2 Å². The molecular weight excluding hydrogens is 278 g/mol. The summed E-state index contributed by atoms with van der Waals surface area (Å²) in [5.74, 6) is 0.717. The molecule has 0 saturated carbocycles. The van der Waals surface area contributed by atoms with Gasteiger partial charge in [-0.15, -0.1) is 12.4 Å². The smallest absolute Gasteiger partial charge is 0.185 e. The molecule has 1 aromatic carbocycles. The number of methoxy groups -OCH3 is 1. The van der Waals surface area contributed by atoms with E-state index in [9.17, 15) is 4.79 Å². The van der Waals surface area contributed by atoms with Crippen LogP contribution in [0.25, 0.3) is 0 Å². The summed E-state index contributed by atoms with van der Waals surface area (Å²) in [5.41, 5.74) is 1.67. The molecule has 0 aliphatic carbocycles. The number of ketones is 1. The van der Waals surface area contributed by atoms with Crippen LogP contribution < -0.4 is 4.74 Å². The van der Waals surface area contributed by atoms with E-state index < -0.39 is 0 Å². The number of rotatable bonds is 5. The van der Waals surface area contributed by atoms with Crippen LogP contribution in [0.15, 0.2) is 30.9 Å². The zero-order valence-corrected chi connectivity index (χ0v) is 12.4. The summed E-state index contributed by atoms with van der Waals surface area (Å²) in [6, 6.07) is 5.53. The molecular formula is C15H20ClNO3. The number of morpholine rings is 1. The normalized spacial score (nSPS) is 15.2. The lowest BCUT2D eigenvalue weighted by atomic mass is 10.0. The number of carbonyl (C=O) groups excluding carboxylic acids is 1. The number of benzene rings is 1. The first-order valence-electron chi connectivity index (χ1n) is 6.38. The summed E-state index contributed by atoms with van der Waals surface area (Å²) in [6.45, 7) is 7.55. The van der Waals surface area contributed by atoms with Crippen LogP contribution in [0.5, 0.6) is 5.75 Å². The third-order valence-electron chi connectivity index (χ3n) is 3.26. The van der Waals surface area contributed by atoms with E-state index in [1.165, 1.54) is 6.08 Å². The molecule has 1 heterocycles. The Balaban J connectivity index is 0.00000200. The standard InChI is InChI=1S/C15H19NO3.ClH/c1-3-15(17)14-5-4-13(18-2)10-12(14)11-16-6-8-19-9-7-16;/h3-5,10H,1,6-9,11H2,2H3;1H. The van der Waals surface area contributed by atoms with Crippen molar-refractivity contribution < 1.29 is 14.3 Å². The number of hydrogen-bond acceptors (Lipinski definition) is 4. The number of hydrogen-bond donors (Lipinski definition) is 0. The Morgan fingerprint density at radius 3 is 2.75 bits per heavy atom. The fourth-order valence-electron chi connectivity index (χ4n) is 2.18. The van der Waals surface area contributed by atoms with Crippen molar-refractivity contribution in [2.75, 3.05) is 33.4 Å². The molecule has 4 nitrogen and oxygen atoms in total. The van der Waals surface area contributed by atoms with Crippen LogP contribution in [-0.2, 0) is 11.3 Å². The minimum Gasteiger partial charge on any atom is -0.497 e. The summed E-state index contributed by atoms with van der Waals surface area (Å²) in [7, 11) is 1.63. The maximum absolute atomic E-state index is 11.9. The molecule has 110 valence electrons. The first-order valence-corrected chi connectivity index (χ1v) is 6.38. The van der Waals surface area contributed by atoms with Crippen molar-refractivity contribution in [3.05, 3.63) is 42.0 Å². The first kappa shape index (κ1) is 16.7. The zero-order chi connectivity index (χ0) is 13.7. The average molecular weight is 298 g/mol. The summed E-state index contributed by atoms with van der Waals surface area (Å²) >= 11 is 0. The van der Waals surface area contributed by atoms with E-state index in [0.717, 1.165) is 44.2 Å². The van der Waals surface area contributed by atoms with Gasteiger partial charge in [0, 0.05) is 25.2 Å². The van der Waals surface area contributed by atoms with E-state index >= 15 is 0 Å². The Morgan fingerprint density at radius 1 is 1.45 bits per heavy atom. The SMILES string of the molecule is C=CC(=O)c1ccc(OC)cc1CN1CCOCC1.Cl. The molecule has 1 fully saturated rings. The predicted octanol–water partition coefficient (Wildman–Crippen LogP) is 2.32. The minimum atomic E-state index is -0.0501. The van der Waals surface area contributed by atoms with Crippen molar-refractivity contribution in [1.29, 1.82) is 0 Å². The lowest BCUT2D eigenvalue weighted by Crippen LogP contribution is -2.36. The fraction of sp³-hybridized carbons (Fsp3) is 0.400. The van der Waals surface area contributed by atoms with Crippen molar-refractivity contribution in [2.45, 2.75) is 6.54 Å². The largest absolute Gasteiger partial charge is 0.497 e. The molecule has 2 rings (SSSR count). The average Bonchev–Trinajstić information content (AvgIpc) is 2.47. The molecule has 0 aromatic heterocycles. The van der Waals surface area contributed by atoms with Crippen molar-refractivity contribution >= 4 is 18.2 Å². The number of allylic oxidation sites excluding steroid dienone is 1. The van der Waals surface area contributed by atoms with Crippen molar-refractivity contribution in [3.8, 4) is 5.75 Å². The van der Waals surface area contributed by atoms with Crippen LogP contribution in [0.1, 0.15) is 15.9 Å². The van der Waals surface area contributed by atoms with Crippen molar-refractivity contribution in [2.24, 2.45) is 0 Å². The second-order valence-corrected chi connectivity index (χ2v) is 4.48. The minimum absolute atomic E-state index is 0. The predicted molar refractivity (Wildman–Crippen MR) is 80.9 cm³/mol. The Kier molecular flexibility index (Phi) is 6.71. The van der Waals surface area contributed by atoms with Gasteiger partial charge in [-0.2, -0.15) is 0 Å². The van der Waals surface area contributed by atoms with Gasteiger partial charge in [0.15, 0.2) is 5.78 Å². The summed E-state index contributed by atoms with van der Waals surface area (Å²) < 4.78 is 10.6. The van der Waals surface area contributed by atoms with Gasteiger partial charge in [-0.1, -0.05) is 6.58 Å². The van der Waals surface area contributed by atoms with Gasteiger partial charge in [-0.25, -0.2) is 0 Å². The highest BCUT2D eigenvalue weighted by Crippen LogP contribution is 2.20. The number of ether oxygens (including phenoxy) is 2. The van der Waals surface area contributed by atoms with Crippen LogP contribution in [0.2, 0.25) is 0 Å². The molecule has 20 heavy (non-hydrogen) atoms. The Morgan fingerprint density at radius 2 is 2.15 bits per heavy atom. The molecule has 1 aliphatic heterocycles. The topological polar surface area (TPSA) is 38.8 Å². The van der Waals surface area contributed by atoms with Crippen LogP contribution >= 0.6 is 12.4 Å². The third kappa shape index (κ3) is 4.07. The highest BCUT2D eigenvalue weighted by Gasteiger charge is 2.15. The van der Waals surface area contributed by atoms with Gasteiger partial charge in [0.25, 0.3) is 0 Å². The van der Waals surface area contributed by atoms with Crippen molar-refractivity contribution in [3.63, 3.8) is 0 Å². The highest BCUT2D eigenvalue weighted by molar-refractivity contribution is 6.05. The second-order valence-electron chi connectivity index (χ2n) is 4.48. The molecule has 0 bridgehead atoms. The molecule has 1 saturated heterocycles. The summed E-state index contributed by atoms with van der Waals surface area (Å²) in [5, 5.41) is 0. The van der Waals surface area contributed by atoms with Gasteiger partial charge in [0.1, 0.15) is 5.75 Å². The van der Waals surface area contributed by atoms with Gasteiger partial charge in [0.05, 0.1) is 20.3 Å². The second kappa shape index (κ2) is 8.04. The zero-order valence-electron chi connectivity index (χ0n) is 11.6. The van der Waals surface area contributed by atoms with Gasteiger partial charge in [-0.3, -0.25) is 9.69 Å². The van der Waals surface area contributed by atoms with Crippen molar-refractivity contribution in [1.82, 2.24) is 4.90 Å². The summed E-state index contributed by atoms with van der Waals surface area (Å²) in [6.07, 6.45) is 1.35. The van der Waals surface area contributed by atoms with E-state index in [0.29, 0.717) is 5.56 Å². The number of nitrogens with zero attached hydrogens (tertiary/aromatic N) is 1. The molecule has 0 spiro atoms.